The molecule has 1 aliphatic carbocycles. The highest BCUT2D eigenvalue weighted by Crippen LogP contribution is 2.37. The van der Waals surface area contributed by atoms with Gasteiger partial charge in [0.2, 0.25) is 0 Å². The van der Waals surface area contributed by atoms with Crippen LogP contribution in [0.2, 0.25) is 0 Å². The highest BCUT2D eigenvalue weighted by molar-refractivity contribution is 4.97. The fourth-order valence-corrected chi connectivity index (χ4v) is 2.53. The van der Waals surface area contributed by atoms with E-state index in [1.165, 1.54) is 0 Å². The van der Waals surface area contributed by atoms with Crippen LogP contribution in [0.4, 0.5) is 0 Å². The molecule has 1 aliphatic heterocycles. The number of rotatable bonds is 3. The molecule has 2 fully saturated rings. The molecule has 1 saturated heterocycles. The Labute approximate surface area is 96.7 Å². The van der Waals surface area contributed by atoms with E-state index in [1.54, 1.807) is 6.08 Å². The fourth-order valence-electron chi connectivity index (χ4n) is 2.53. The van der Waals surface area contributed by atoms with Crippen molar-refractivity contribution in [1.29, 1.82) is 0 Å². The van der Waals surface area contributed by atoms with Gasteiger partial charge in [-0.2, -0.15) is 0 Å². The number of hydrogen-bond donors (Lipinski definition) is 1. The molecule has 2 rings (SSSR count). The third-order valence-corrected chi connectivity index (χ3v) is 3.16. The first-order valence-corrected chi connectivity index (χ1v) is 5.87. The van der Waals surface area contributed by atoms with Gasteiger partial charge in [0.1, 0.15) is 12.2 Å². The van der Waals surface area contributed by atoms with Gasteiger partial charge in [-0.25, -0.2) is 0 Å². The van der Waals surface area contributed by atoms with E-state index in [9.17, 15) is 0 Å². The molecule has 92 valence electrons. The molecule has 0 aromatic heterocycles. The Hall–Kier alpha value is -0.420. The van der Waals surface area contributed by atoms with Gasteiger partial charge in [0.15, 0.2) is 5.79 Å². The van der Waals surface area contributed by atoms with Crippen molar-refractivity contribution in [3.63, 3.8) is 0 Å². The van der Waals surface area contributed by atoms with Crippen molar-refractivity contribution >= 4 is 0 Å². The molecule has 0 unspecified atom stereocenters. The average Bonchev–Trinajstić information content (AvgIpc) is 2.51. The molecule has 2 N–H and O–H groups in total. The Kier molecular flexibility index (Phi) is 3.35. The minimum absolute atomic E-state index is 0.0266. The summed E-state index contributed by atoms with van der Waals surface area (Å²) >= 11 is 0. The molecular weight excluding hydrogens is 206 g/mol. The summed E-state index contributed by atoms with van der Waals surface area (Å²) < 4.78 is 17.4. The summed E-state index contributed by atoms with van der Waals surface area (Å²) in [5.41, 5.74) is 6.07. The second kappa shape index (κ2) is 4.45. The Morgan fingerprint density at radius 2 is 2.19 bits per heavy atom. The maximum Gasteiger partial charge on any atom is 0.163 e. The van der Waals surface area contributed by atoms with Crippen molar-refractivity contribution in [2.75, 3.05) is 6.61 Å². The SMILES string of the molecule is C=CCO[C@H]1[C@@H]2OC(C)(C)O[C@@H]2CC[C@@H]1N. The minimum Gasteiger partial charge on any atom is -0.370 e. The second-order valence-corrected chi connectivity index (χ2v) is 4.97. The van der Waals surface area contributed by atoms with Crippen LogP contribution in [0.1, 0.15) is 26.7 Å². The number of ether oxygens (including phenoxy) is 3. The van der Waals surface area contributed by atoms with Gasteiger partial charge in [0.25, 0.3) is 0 Å². The van der Waals surface area contributed by atoms with Gasteiger partial charge in [-0.05, 0) is 26.7 Å². The molecular formula is C12H21NO3. The van der Waals surface area contributed by atoms with Gasteiger partial charge in [-0.1, -0.05) is 6.08 Å². The summed E-state index contributed by atoms with van der Waals surface area (Å²) in [7, 11) is 0. The van der Waals surface area contributed by atoms with Crippen molar-refractivity contribution in [1.82, 2.24) is 0 Å². The van der Waals surface area contributed by atoms with Gasteiger partial charge in [-0.3, -0.25) is 0 Å². The average molecular weight is 227 g/mol. The van der Waals surface area contributed by atoms with Crippen molar-refractivity contribution in [3.05, 3.63) is 12.7 Å². The number of nitrogens with two attached hydrogens (primary N) is 1. The van der Waals surface area contributed by atoms with Crippen LogP contribution < -0.4 is 5.73 Å². The monoisotopic (exact) mass is 227 g/mol. The molecule has 0 aromatic rings. The van der Waals surface area contributed by atoms with Crippen LogP contribution in [-0.2, 0) is 14.2 Å². The Bertz CT molecular complexity index is 267. The van der Waals surface area contributed by atoms with Crippen LogP contribution in [0.25, 0.3) is 0 Å². The molecule has 16 heavy (non-hydrogen) atoms. The normalized spacial score (nSPS) is 41.7. The predicted octanol–water partition coefficient (Wildman–Crippen LogP) is 1.20. The van der Waals surface area contributed by atoms with Crippen LogP contribution >= 0.6 is 0 Å². The van der Waals surface area contributed by atoms with E-state index in [2.05, 4.69) is 6.58 Å². The van der Waals surface area contributed by atoms with E-state index in [-0.39, 0.29) is 24.4 Å². The molecule has 1 heterocycles. The van der Waals surface area contributed by atoms with Gasteiger partial charge in [0, 0.05) is 6.04 Å². The summed E-state index contributed by atoms with van der Waals surface area (Å²) in [6.07, 6.45) is 3.59. The number of hydrogen-bond acceptors (Lipinski definition) is 4. The van der Waals surface area contributed by atoms with E-state index < -0.39 is 5.79 Å². The maximum absolute atomic E-state index is 6.07. The zero-order chi connectivity index (χ0) is 11.8. The predicted molar refractivity (Wildman–Crippen MR) is 61.0 cm³/mol. The van der Waals surface area contributed by atoms with Crippen molar-refractivity contribution < 1.29 is 14.2 Å². The van der Waals surface area contributed by atoms with E-state index in [0.717, 1.165) is 12.8 Å². The number of fused-ring (bicyclic) bond motifs is 1. The van der Waals surface area contributed by atoms with Gasteiger partial charge in [0.05, 0.1) is 12.7 Å². The largest absolute Gasteiger partial charge is 0.370 e. The lowest BCUT2D eigenvalue weighted by Gasteiger charge is -2.35. The van der Waals surface area contributed by atoms with Gasteiger partial charge < -0.3 is 19.9 Å². The standard InChI is InChI=1S/C12H21NO3/c1-4-7-14-10-8(13)5-6-9-11(10)16-12(2,3)15-9/h4,8-11H,1,5-7,13H2,2-3H3/t8-,9+,10+,11+/m0/s1. The Balaban J connectivity index is 2.06. The molecule has 0 aromatic carbocycles. The summed E-state index contributed by atoms with van der Waals surface area (Å²) in [6.45, 7) is 8.02. The molecule has 0 spiro atoms. The van der Waals surface area contributed by atoms with Crippen LogP contribution in [-0.4, -0.2) is 36.7 Å². The molecule has 2 aliphatic rings. The summed E-state index contributed by atoms with van der Waals surface area (Å²) in [5.74, 6) is -0.519. The Morgan fingerprint density at radius 1 is 1.44 bits per heavy atom. The van der Waals surface area contributed by atoms with Gasteiger partial charge in [-0.15, -0.1) is 6.58 Å². The third-order valence-electron chi connectivity index (χ3n) is 3.16. The van der Waals surface area contributed by atoms with E-state index >= 15 is 0 Å². The van der Waals surface area contributed by atoms with E-state index in [4.69, 9.17) is 19.9 Å². The molecule has 1 saturated carbocycles. The lowest BCUT2D eigenvalue weighted by Crippen LogP contribution is -2.53. The maximum atomic E-state index is 6.07. The van der Waals surface area contributed by atoms with Crippen LogP contribution in [0.5, 0.6) is 0 Å². The third kappa shape index (κ3) is 2.30. The zero-order valence-electron chi connectivity index (χ0n) is 10.0. The molecule has 4 atom stereocenters. The molecule has 0 amide bonds. The first-order chi connectivity index (χ1) is 7.53. The molecule has 4 nitrogen and oxygen atoms in total. The van der Waals surface area contributed by atoms with E-state index in [1.807, 2.05) is 13.8 Å². The van der Waals surface area contributed by atoms with Gasteiger partial charge >= 0.3 is 0 Å². The zero-order valence-corrected chi connectivity index (χ0v) is 10.0. The molecule has 4 heteroatoms. The Morgan fingerprint density at radius 3 is 2.88 bits per heavy atom. The summed E-state index contributed by atoms with van der Waals surface area (Å²) in [5, 5.41) is 0. The van der Waals surface area contributed by atoms with Crippen LogP contribution in [0.3, 0.4) is 0 Å². The summed E-state index contributed by atoms with van der Waals surface area (Å²) in [6, 6.07) is 0.0266. The van der Waals surface area contributed by atoms with Crippen molar-refractivity contribution in [3.8, 4) is 0 Å². The smallest absolute Gasteiger partial charge is 0.163 e. The quantitative estimate of drug-likeness (QED) is 0.736. The molecule has 0 radical (unpaired) electrons. The first kappa shape index (κ1) is 12.0. The lowest BCUT2D eigenvalue weighted by molar-refractivity contribution is -0.157. The summed E-state index contributed by atoms with van der Waals surface area (Å²) in [4.78, 5) is 0. The topological polar surface area (TPSA) is 53.7 Å². The van der Waals surface area contributed by atoms with Crippen LogP contribution in [0.15, 0.2) is 12.7 Å². The minimum atomic E-state index is -0.519. The highest BCUT2D eigenvalue weighted by Gasteiger charge is 2.49. The van der Waals surface area contributed by atoms with Crippen molar-refractivity contribution in [2.24, 2.45) is 5.73 Å². The van der Waals surface area contributed by atoms with Crippen molar-refractivity contribution in [2.45, 2.75) is 56.8 Å². The first-order valence-electron chi connectivity index (χ1n) is 5.87. The van der Waals surface area contributed by atoms with E-state index in [0.29, 0.717) is 6.61 Å². The fraction of sp³-hybridized carbons (Fsp3) is 0.833. The highest BCUT2D eigenvalue weighted by atomic mass is 16.8. The molecule has 0 bridgehead atoms. The lowest BCUT2D eigenvalue weighted by atomic mass is 9.88. The van der Waals surface area contributed by atoms with Crippen LogP contribution in [0, 0.1) is 0 Å². The second-order valence-electron chi connectivity index (χ2n) is 4.97.